The Hall–Kier alpha value is -1.58. The Kier molecular flexibility index (Phi) is 5.50. The number of ether oxygens (including phenoxy) is 1. The molecule has 2 aliphatic heterocycles. The van der Waals surface area contributed by atoms with Crippen molar-refractivity contribution in [1.29, 1.82) is 0 Å². The SMILES string of the molecule is CCC(F)(F)C(F)(F)C(F)(F)COC1=NCN=C1C1=CCCN(C)C1. The summed E-state index contributed by atoms with van der Waals surface area (Å²) in [6.45, 7) is 0.000259. The molecule has 2 aliphatic rings. The molecule has 0 N–H and O–H groups in total. The summed E-state index contributed by atoms with van der Waals surface area (Å²) in [5.41, 5.74) is 0.881. The highest BCUT2D eigenvalue weighted by Crippen LogP contribution is 2.47. The number of likely N-dealkylation sites (N-methyl/N-ethyl adjacent to an activating group) is 1. The fraction of sp³-hybridized carbons (Fsp3) is 0.733. The lowest BCUT2D eigenvalue weighted by Crippen LogP contribution is -2.56. The topological polar surface area (TPSA) is 37.2 Å². The zero-order valence-corrected chi connectivity index (χ0v) is 13.8. The van der Waals surface area contributed by atoms with E-state index in [9.17, 15) is 26.3 Å². The van der Waals surface area contributed by atoms with E-state index in [4.69, 9.17) is 4.74 Å². The van der Waals surface area contributed by atoms with E-state index in [-0.39, 0.29) is 18.3 Å². The molecule has 0 fully saturated rings. The molecule has 142 valence electrons. The summed E-state index contributed by atoms with van der Waals surface area (Å²) >= 11 is 0. The third-order valence-electron chi connectivity index (χ3n) is 4.04. The summed E-state index contributed by atoms with van der Waals surface area (Å²) < 4.78 is 85.4. The maximum absolute atomic E-state index is 13.7. The van der Waals surface area contributed by atoms with Gasteiger partial charge in [0, 0.05) is 19.5 Å². The first-order chi connectivity index (χ1) is 11.5. The Morgan fingerprint density at radius 1 is 1.12 bits per heavy atom. The standard InChI is InChI=1S/C15H19F6N3O/c1-3-13(16,17)15(20,21)14(18,19)8-25-12-11(22-9-23-12)10-5-4-6-24(2)7-10/h5H,3-4,6-9H2,1-2H3. The molecule has 0 radical (unpaired) electrons. The Morgan fingerprint density at radius 2 is 1.80 bits per heavy atom. The Labute approximate surface area is 141 Å². The lowest BCUT2D eigenvalue weighted by atomic mass is 10.0. The zero-order valence-electron chi connectivity index (χ0n) is 13.8. The molecule has 0 unspecified atom stereocenters. The van der Waals surface area contributed by atoms with Crippen molar-refractivity contribution in [3.05, 3.63) is 11.6 Å². The van der Waals surface area contributed by atoms with Gasteiger partial charge in [-0.25, -0.2) is 4.99 Å². The van der Waals surface area contributed by atoms with Crippen LogP contribution in [0.2, 0.25) is 0 Å². The van der Waals surface area contributed by atoms with E-state index >= 15 is 0 Å². The van der Waals surface area contributed by atoms with Crippen molar-refractivity contribution in [2.75, 3.05) is 33.4 Å². The van der Waals surface area contributed by atoms with E-state index in [0.717, 1.165) is 6.54 Å². The number of alkyl halides is 6. The van der Waals surface area contributed by atoms with Gasteiger partial charge < -0.3 is 9.64 Å². The highest BCUT2D eigenvalue weighted by Gasteiger charge is 2.71. The molecule has 0 saturated carbocycles. The summed E-state index contributed by atoms with van der Waals surface area (Å²) in [5, 5.41) is 0. The van der Waals surface area contributed by atoms with Gasteiger partial charge in [0.1, 0.15) is 12.4 Å². The Bertz CT molecular complexity index is 600. The van der Waals surface area contributed by atoms with E-state index < -0.39 is 30.8 Å². The monoisotopic (exact) mass is 371 g/mol. The molecule has 25 heavy (non-hydrogen) atoms. The highest BCUT2D eigenvalue weighted by molar-refractivity contribution is 6.46. The van der Waals surface area contributed by atoms with Crippen LogP contribution < -0.4 is 0 Å². The van der Waals surface area contributed by atoms with Crippen LogP contribution >= 0.6 is 0 Å². The van der Waals surface area contributed by atoms with Gasteiger partial charge in [0.15, 0.2) is 6.61 Å². The first kappa shape index (κ1) is 19.7. The molecule has 0 aromatic heterocycles. The van der Waals surface area contributed by atoms with Crippen molar-refractivity contribution < 1.29 is 31.1 Å². The molecule has 10 heteroatoms. The van der Waals surface area contributed by atoms with Crippen LogP contribution in [0.3, 0.4) is 0 Å². The number of aliphatic imine (C=N–C) groups is 2. The summed E-state index contributed by atoms with van der Waals surface area (Å²) in [6, 6.07) is 0. The molecule has 2 rings (SSSR count). The third kappa shape index (κ3) is 3.83. The van der Waals surface area contributed by atoms with Crippen molar-refractivity contribution in [3.63, 3.8) is 0 Å². The number of nitrogens with zero attached hydrogens (tertiary/aromatic N) is 3. The molecule has 2 heterocycles. The highest BCUT2D eigenvalue weighted by atomic mass is 19.3. The van der Waals surface area contributed by atoms with Crippen molar-refractivity contribution in [1.82, 2.24) is 4.90 Å². The van der Waals surface area contributed by atoms with Gasteiger partial charge in [0.25, 0.3) is 0 Å². The summed E-state index contributed by atoms with van der Waals surface area (Å²) in [4.78, 5) is 9.72. The second kappa shape index (κ2) is 6.97. The van der Waals surface area contributed by atoms with E-state index in [0.29, 0.717) is 25.5 Å². The van der Waals surface area contributed by atoms with E-state index in [1.165, 1.54) is 0 Å². The van der Waals surface area contributed by atoms with Gasteiger partial charge >= 0.3 is 17.8 Å². The maximum atomic E-state index is 13.7. The third-order valence-corrected chi connectivity index (χ3v) is 4.04. The van der Waals surface area contributed by atoms with Crippen LogP contribution in [0.5, 0.6) is 0 Å². The average molecular weight is 371 g/mol. The largest absolute Gasteiger partial charge is 0.470 e. The van der Waals surface area contributed by atoms with E-state index in [2.05, 4.69) is 9.98 Å². The first-order valence-corrected chi connectivity index (χ1v) is 7.75. The molecule has 0 aliphatic carbocycles. The molecule has 0 spiro atoms. The maximum Gasteiger partial charge on any atom is 0.375 e. The summed E-state index contributed by atoms with van der Waals surface area (Å²) in [6.07, 6.45) is 1.12. The summed E-state index contributed by atoms with van der Waals surface area (Å²) in [5.74, 6) is -15.8. The molecule has 0 bridgehead atoms. The molecule has 0 amide bonds. The molecular formula is C15H19F6N3O. The van der Waals surface area contributed by atoms with Crippen LogP contribution in [-0.2, 0) is 4.74 Å². The lowest BCUT2D eigenvalue weighted by Gasteiger charge is -2.32. The predicted octanol–water partition coefficient (Wildman–Crippen LogP) is 3.39. The number of rotatable bonds is 6. The van der Waals surface area contributed by atoms with Gasteiger partial charge in [-0.2, -0.15) is 26.3 Å². The second-order valence-electron chi connectivity index (χ2n) is 5.99. The number of halogens is 6. The second-order valence-corrected chi connectivity index (χ2v) is 5.99. The van der Waals surface area contributed by atoms with Crippen LogP contribution in [0, 0.1) is 0 Å². The number of hydrogen-bond donors (Lipinski definition) is 0. The average Bonchev–Trinajstić information content (AvgIpc) is 3.01. The van der Waals surface area contributed by atoms with E-state index in [1.54, 1.807) is 0 Å². The van der Waals surface area contributed by atoms with Crippen LogP contribution in [0.1, 0.15) is 19.8 Å². The van der Waals surface area contributed by atoms with Crippen molar-refractivity contribution >= 4 is 11.6 Å². The fourth-order valence-corrected chi connectivity index (χ4v) is 2.47. The smallest absolute Gasteiger partial charge is 0.375 e. The zero-order chi connectivity index (χ0) is 18.9. The van der Waals surface area contributed by atoms with Gasteiger partial charge in [-0.05, 0) is 19.0 Å². The number of hydrogen-bond acceptors (Lipinski definition) is 4. The first-order valence-electron chi connectivity index (χ1n) is 7.75. The van der Waals surface area contributed by atoms with Gasteiger partial charge in [-0.1, -0.05) is 13.0 Å². The van der Waals surface area contributed by atoms with Crippen LogP contribution in [0.25, 0.3) is 0 Å². The summed E-state index contributed by atoms with van der Waals surface area (Å²) in [7, 11) is 1.85. The van der Waals surface area contributed by atoms with Crippen molar-refractivity contribution in [2.24, 2.45) is 9.98 Å². The molecule has 0 saturated heterocycles. The molecule has 0 aromatic rings. The van der Waals surface area contributed by atoms with Gasteiger partial charge in [0.05, 0.1) is 0 Å². The van der Waals surface area contributed by atoms with Crippen LogP contribution in [-0.4, -0.2) is 67.7 Å². The molecule has 4 nitrogen and oxygen atoms in total. The minimum absolute atomic E-state index is 0.0845. The van der Waals surface area contributed by atoms with Crippen LogP contribution in [0.15, 0.2) is 21.6 Å². The van der Waals surface area contributed by atoms with Gasteiger partial charge in [0.2, 0.25) is 5.90 Å². The van der Waals surface area contributed by atoms with Gasteiger partial charge in [-0.3, -0.25) is 4.99 Å². The minimum atomic E-state index is -5.53. The van der Waals surface area contributed by atoms with Crippen molar-refractivity contribution in [3.8, 4) is 0 Å². The lowest BCUT2D eigenvalue weighted by molar-refractivity contribution is -0.315. The minimum Gasteiger partial charge on any atom is -0.470 e. The van der Waals surface area contributed by atoms with Gasteiger partial charge in [-0.15, -0.1) is 0 Å². The molecular weight excluding hydrogens is 352 g/mol. The quantitative estimate of drug-likeness (QED) is 0.672. The Morgan fingerprint density at radius 3 is 2.40 bits per heavy atom. The normalized spacial score (nSPS) is 20.2. The van der Waals surface area contributed by atoms with Crippen LogP contribution in [0.4, 0.5) is 26.3 Å². The predicted molar refractivity (Wildman–Crippen MR) is 81.0 cm³/mol. The fourth-order valence-electron chi connectivity index (χ4n) is 2.47. The van der Waals surface area contributed by atoms with Crippen molar-refractivity contribution in [2.45, 2.75) is 37.5 Å². The molecule has 0 atom stereocenters. The van der Waals surface area contributed by atoms with E-state index in [1.807, 2.05) is 18.0 Å². The molecule has 0 aromatic carbocycles. The Balaban J connectivity index is 2.08.